The summed E-state index contributed by atoms with van der Waals surface area (Å²) in [5.41, 5.74) is 1.36. The second-order valence-electron chi connectivity index (χ2n) is 6.77. The second kappa shape index (κ2) is 14.3. The lowest BCUT2D eigenvalue weighted by Crippen LogP contribution is -2.31. The van der Waals surface area contributed by atoms with Crippen molar-refractivity contribution in [2.24, 2.45) is 0 Å². The first kappa shape index (κ1) is 24.3. The van der Waals surface area contributed by atoms with Crippen molar-refractivity contribution in [3.63, 3.8) is 0 Å². The number of hydrogen-bond donors (Lipinski definition) is 3. The molecule has 3 amide bonds. The number of rotatable bonds is 14. The molecule has 0 aromatic heterocycles. The maximum atomic E-state index is 12.0. The Hall–Kier alpha value is -2.74. The number of Topliss-reactive ketones (excluding diaryl/α,β-unsaturated/α-hetero) is 1. The van der Waals surface area contributed by atoms with Gasteiger partial charge in [-0.15, -0.1) is 0 Å². The van der Waals surface area contributed by atoms with Gasteiger partial charge in [0.15, 0.2) is 5.78 Å². The van der Waals surface area contributed by atoms with Crippen LogP contribution < -0.4 is 16.0 Å². The van der Waals surface area contributed by atoms with Crippen molar-refractivity contribution in [2.75, 3.05) is 31.6 Å². The summed E-state index contributed by atoms with van der Waals surface area (Å²) in [4.78, 5) is 46.1. The summed E-state index contributed by atoms with van der Waals surface area (Å²) in [5.74, 6) is -0.732. The molecule has 0 unspecified atom stereocenters. The van der Waals surface area contributed by atoms with E-state index in [2.05, 4.69) is 22.9 Å². The van der Waals surface area contributed by atoms with Gasteiger partial charge in [-0.05, 0) is 31.0 Å². The molecular weight excluding hydrogens is 374 g/mol. The summed E-state index contributed by atoms with van der Waals surface area (Å²) in [6.45, 7) is 4.17. The molecule has 1 rings (SSSR count). The summed E-state index contributed by atoms with van der Waals surface area (Å²) in [6, 6.07) is 6.86. The number of amides is 3. The van der Waals surface area contributed by atoms with Crippen LogP contribution in [-0.2, 0) is 30.3 Å². The van der Waals surface area contributed by atoms with Crippen LogP contribution in [0.25, 0.3) is 0 Å². The highest BCUT2D eigenvalue weighted by molar-refractivity contribution is 5.92. The number of ether oxygens (including phenoxy) is 1. The lowest BCUT2D eigenvalue weighted by atomic mass is 10.1. The van der Waals surface area contributed by atoms with Crippen LogP contribution in [-0.4, -0.2) is 49.8 Å². The molecule has 0 spiro atoms. The lowest BCUT2D eigenvalue weighted by Gasteiger charge is -2.08. The van der Waals surface area contributed by atoms with Gasteiger partial charge < -0.3 is 20.7 Å². The summed E-state index contributed by atoms with van der Waals surface area (Å²) in [5, 5.41) is 8.21. The fourth-order valence-corrected chi connectivity index (χ4v) is 2.45. The molecular formula is C21H31N3O5. The summed E-state index contributed by atoms with van der Waals surface area (Å²) in [6.07, 6.45) is 3.61. The fourth-order valence-electron chi connectivity index (χ4n) is 2.45. The molecule has 0 aliphatic carbocycles. The maximum absolute atomic E-state index is 12.0. The fraction of sp³-hybridized carbons (Fsp3) is 0.524. The molecule has 8 nitrogen and oxygen atoms in total. The molecule has 8 heteroatoms. The first-order valence-corrected chi connectivity index (χ1v) is 9.90. The zero-order chi connectivity index (χ0) is 21.5. The number of anilines is 1. The molecule has 29 heavy (non-hydrogen) atoms. The van der Waals surface area contributed by atoms with E-state index in [1.165, 1.54) is 6.92 Å². The molecule has 1 aromatic rings. The minimum atomic E-state index is -0.357. The van der Waals surface area contributed by atoms with Crippen LogP contribution in [0, 0.1) is 0 Å². The normalized spacial score (nSPS) is 10.3. The van der Waals surface area contributed by atoms with E-state index in [0.29, 0.717) is 18.8 Å². The van der Waals surface area contributed by atoms with Gasteiger partial charge in [0, 0.05) is 25.2 Å². The zero-order valence-corrected chi connectivity index (χ0v) is 17.2. The van der Waals surface area contributed by atoms with E-state index >= 15 is 0 Å². The monoisotopic (exact) mass is 405 g/mol. The Morgan fingerprint density at radius 3 is 2.21 bits per heavy atom. The van der Waals surface area contributed by atoms with E-state index in [4.69, 9.17) is 4.74 Å². The summed E-state index contributed by atoms with van der Waals surface area (Å²) >= 11 is 0. The van der Waals surface area contributed by atoms with E-state index in [0.717, 1.165) is 24.8 Å². The van der Waals surface area contributed by atoms with Crippen LogP contribution in [0.5, 0.6) is 0 Å². The molecule has 3 N–H and O–H groups in total. The standard InChI is InChI=1S/C21H31N3O5/c1-3-4-5-11-22-19(26)10-12-23-20(27)13-17-6-8-18(9-7-17)24-21(28)15-29-14-16(2)25/h6-9H,3-5,10-15H2,1-2H3,(H,22,26)(H,23,27)(H,24,28). The van der Waals surface area contributed by atoms with Gasteiger partial charge in [-0.25, -0.2) is 0 Å². The molecule has 0 fully saturated rings. The van der Waals surface area contributed by atoms with Crippen LogP contribution in [0.1, 0.15) is 45.1 Å². The van der Waals surface area contributed by atoms with Gasteiger partial charge in [0.25, 0.3) is 0 Å². The molecule has 0 atom stereocenters. The van der Waals surface area contributed by atoms with Crippen molar-refractivity contribution in [3.8, 4) is 0 Å². The Labute approximate surface area is 171 Å². The van der Waals surface area contributed by atoms with Crippen molar-refractivity contribution in [1.82, 2.24) is 10.6 Å². The van der Waals surface area contributed by atoms with Crippen LogP contribution in [0.3, 0.4) is 0 Å². The number of benzene rings is 1. The smallest absolute Gasteiger partial charge is 0.250 e. The van der Waals surface area contributed by atoms with Gasteiger partial charge in [0.05, 0.1) is 6.42 Å². The average Bonchev–Trinajstić information content (AvgIpc) is 2.66. The van der Waals surface area contributed by atoms with E-state index in [1.54, 1.807) is 24.3 Å². The Bertz CT molecular complexity index is 673. The number of nitrogens with one attached hydrogen (secondary N) is 3. The SMILES string of the molecule is CCCCCNC(=O)CCNC(=O)Cc1ccc(NC(=O)COCC(C)=O)cc1. The number of carbonyl (C=O) groups excluding carboxylic acids is 4. The molecule has 0 aliphatic heterocycles. The third-order valence-corrected chi connectivity index (χ3v) is 3.92. The van der Waals surface area contributed by atoms with E-state index in [-0.39, 0.29) is 49.6 Å². The zero-order valence-electron chi connectivity index (χ0n) is 17.2. The van der Waals surface area contributed by atoms with Crippen LogP contribution in [0.4, 0.5) is 5.69 Å². The minimum Gasteiger partial charge on any atom is -0.364 e. The van der Waals surface area contributed by atoms with Crippen molar-refractivity contribution < 1.29 is 23.9 Å². The van der Waals surface area contributed by atoms with Gasteiger partial charge >= 0.3 is 0 Å². The van der Waals surface area contributed by atoms with Crippen LogP contribution >= 0.6 is 0 Å². The van der Waals surface area contributed by atoms with Crippen LogP contribution in [0.15, 0.2) is 24.3 Å². The molecule has 0 saturated carbocycles. The van der Waals surface area contributed by atoms with Crippen molar-refractivity contribution >= 4 is 29.2 Å². The number of ketones is 1. The topological polar surface area (TPSA) is 114 Å². The first-order chi connectivity index (χ1) is 13.9. The molecule has 0 radical (unpaired) electrons. The minimum absolute atomic E-state index is 0.0613. The number of carbonyl (C=O) groups is 4. The average molecular weight is 405 g/mol. The van der Waals surface area contributed by atoms with Crippen molar-refractivity contribution in [3.05, 3.63) is 29.8 Å². The van der Waals surface area contributed by atoms with Crippen LogP contribution in [0.2, 0.25) is 0 Å². The van der Waals surface area contributed by atoms with E-state index in [1.807, 2.05) is 0 Å². The van der Waals surface area contributed by atoms with E-state index < -0.39 is 0 Å². The van der Waals surface area contributed by atoms with Gasteiger partial charge in [0.2, 0.25) is 17.7 Å². The lowest BCUT2D eigenvalue weighted by molar-refractivity contribution is -0.126. The predicted octanol–water partition coefficient (Wildman–Crippen LogP) is 1.59. The Morgan fingerprint density at radius 1 is 0.862 bits per heavy atom. The summed E-state index contributed by atoms with van der Waals surface area (Å²) in [7, 11) is 0. The molecule has 0 aliphatic rings. The van der Waals surface area contributed by atoms with Gasteiger partial charge in [-0.3, -0.25) is 19.2 Å². The molecule has 0 saturated heterocycles. The van der Waals surface area contributed by atoms with E-state index in [9.17, 15) is 19.2 Å². The highest BCUT2D eigenvalue weighted by Crippen LogP contribution is 2.10. The molecule has 1 aromatic carbocycles. The number of unbranched alkanes of at least 4 members (excludes halogenated alkanes) is 2. The molecule has 0 bridgehead atoms. The quantitative estimate of drug-likeness (QED) is 0.407. The van der Waals surface area contributed by atoms with Gasteiger partial charge in [-0.1, -0.05) is 31.9 Å². The van der Waals surface area contributed by atoms with Gasteiger partial charge in [0.1, 0.15) is 13.2 Å². The Balaban J connectivity index is 2.25. The number of hydrogen-bond acceptors (Lipinski definition) is 5. The van der Waals surface area contributed by atoms with Gasteiger partial charge in [-0.2, -0.15) is 0 Å². The Kier molecular flexibility index (Phi) is 12.0. The molecule has 0 heterocycles. The van der Waals surface area contributed by atoms with Crippen molar-refractivity contribution in [1.29, 1.82) is 0 Å². The summed E-state index contributed by atoms with van der Waals surface area (Å²) < 4.78 is 4.95. The third kappa shape index (κ3) is 12.4. The first-order valence-electron chi connectivity index (χ1n) is 9.90. The largest absolute Gasteiger partial charge is 0.364 e. The maximum Gasteiger partial charge on any atom is 0.250 e. The highest BCUT2D eigenvalue weighted by Gasteiger charge is 2.07. The highest BCUT2D eigenvalue weighted by atomic mass is 16.5. The second-order valence-corrected chi connectivity index (χ2v) is 6.77. The predicted molar refractivity (Wildman–Crippen MR) is 110 cm³/mol. The van der Waals surface area contributed by atoms with Crippen molar-refractivity contribution in [2.45, 2.75) is 46.0 Å². The molecule has 160 valence electrons. The third-order valence-electron chi connectivity index (χ3n) is 3.92. The Morgan fingerprint density at radius 2 is 1.55 bits per heavy atom.